The summed E-state index contributed by atoms with van der Waals surface area (Å²) in [4.78, 5) is 0. The molecule has 216 valence electrons. The van der Waals surface area contributed by atoms with Crippen LogP contribution in [-0.2, 0) is 40.1 Å². The van der Waals surface area contributed by atoms with E-state index in [0.717, 1.165) is 43.0 Å². The fraction of sp³-hybridized carbons (Fsp3) is 0.576. The van der Waals surface area contributed by atoms with E-state index in [-0.39, 0.29) is 58.7 Å². The van der Waals surface area contributed by atoms with Gasteiger partial charge in [-0.3, -0.25) is 12.2 Å². The minimum atomic E-state index is -1.84. The molecule has 4 aliphatic rings. The molecule has 1 spiro atoms. The van der Waals surface area contributed by atoms with Gasteiger partial charge >= 0.3 is 0 Å². The zero-order valence-electron chi connectivity index (χ0n) is 25.8. The minimum Gasteiger partial charge on any atom is -0.515 e. The van der Waals surface area contributed by atoms with Crippen molar-refractivity contribution in [2.75, 3.05) is 0 Å². The van der Waals surface area contributed by atoms with Crippen LogP contribution in [0.3, 0.4) is 0 Å². The van der Waals surface area contributed by atoms with Crippen LogP contribution >= 0.6 is 0 Å². The van der Waals surface area contributed by atoms with Gasteiger partial charge < -0.3 is 35.3 Å². The number of hydrogen-bond acceptors (Lipinski definition) is 3. The maximum Gasteiger partial charge on any atom is 0.193 e. The molecule has 3 unspecified atom stereocenters. The zero-order chi connectivity index (χ0) is 26.2. The molecule has 0 aromatic rings. The summed E-state index contributed by atoms with van der Waals surface area (Å²) in [6.07, 6.45) is 24.8. The van der Waals surface area contributed by atoms with E-state index in [0.29, 0.717) is 0 Å². The molecule has 0 amide bonds. The van der Waals surface area contributed by atoms with E-state index in [1.54, 1.807) is 6.08 Å². The first-order valence-corrected chi connectivity index (χ1v) is 15.8. The summed E-state index contributed by atoms with van der Waals surface area (Å²) in [5, 5.41) is 0. The number of ether oxygens (including phenoxy) is 2. The molecule has 4 rings (SSSR count). The molecular formula is C33H53O3SiZr-5. The van der Waals surface area contributed by atoms with Crippen molar-refractivity contribution >= 4 is 8.32 Å². The van der Waals surface area contributed by atoms with Crippen LogP contribution in [0.15, 0.2) is 54.2 Å². The van der Waals surface area contributed by atoms with E-state index in [4.69, 9.17) is 20.5 Å². The van der Waals surface area contributed by atoms with Crippen molar-refractivity contribution in [1.82, 2.24) is 0 Å². The monoisotopic (exact) mass is 615 g/mol. The van der Waals surface area contributed by atoms with Gasteiger partial charge in [-0.1, -0.05) is 34.6 Å². The molecule has 0 bridgehead atoms. The van der Waals surface area contributed by atoms with Gasteiger partial charge in [-0.15, -0.1) is 12.8 Å². The van der Waals surface area contributed by atoms with Crippen LogP contribution in [0, 0.1) is 39.0 Å². The van der Waals surface area contributed by atoms with Gasteiger partial charge in [0.05, 0.1) is 17.8 Å². The van der Waals surface area contributed by atoms with Gasteiger partial charge in [0.25, 0.3) is 0 Å². The summed E-state index contributed by atoms with van der Waals surface area (Å²) in [6.45, 7) is 23.8. The Morgan fingerprint density at radius 2 is 1.42 bits per heavy atom. The van der Waals surface area contributed by atoms with Crippen LogP contribution in [0.4, 0.5) is 0 Å². The summed E-state index contributed by atoms with van der Waals surface area (Å²) in [7, 11) is -1.84. The Kier molecular flexibility index (Phi) is 18.0. The van der Waals surface area contributed by atoms with Crippen molar-refractivity contribution in [2.24, 2.45) is 5.41 Å². The van der Waals surface area contributed by atoms with Gasteiger partial charge in [0, 0.05) is 38.0 Å². The van der Waals surface area contributed by atoms with Crippen LogP contribution < -0.4 is 0 Å². The summed E-state index contributed by atoms with van der Waals surface area (Å²) < 4.78 is 19.5. The third-order valence-electron chi connectivity index (χ3n) is 7.86. The largest absolute Gasteiger partial charge is 0.515 e. The fourth-order valence-corrected chi connectivity index (χ4v) is 8.49. The molecule has 0 aromatic carbocycles. The molecule has 0 N–H and O–H groups in total. The van der Waals surface area contributed by atoms with Crippen LogP contribution in [-0.4, -0.2) is 31.9 Å². The Morgan fingerprint density at radius 3 is 1.68 bits per heavy atom. The predicted octanol–water partition coefficient (Wildman–Crippen LogP) is 9.14. The van der Waals surface area contributed by atoms with E-state index < -0.39 is 19.7 Å². The molecule has 3 nitrogen and oxygen atoms in total. The van der Waals surface area contributed by atoms with Gasteiger partial charge in [-0.05, 0) is 50.6 Å². The second-order valence-electron chi connectivity index (χ2n) is 10.6. The van der Waals surface area contributed by atoms with Crippen molar-refractivity contribution in [3.05, 3.63) is 87.8 Å². The molecule has 1 heterocycles. The fourth-order valence-electron chi connectivity index (χ4n) is 5.37. The van der Waals surface area contributed by atoms with Gasteiger partial charge in [-0.2, -0.15) is 12.2 Å². The van der Waals surface area contributed by atoms with Crippen LogP contribution in [0.5, 0.6) is 0 Å². The average Bonchev–Trinajstić information content (AvgIpc) is 3.61. The summed E-state index contributed by atoms with van der Waals surface area (Å²) in [6, 6.07) is 3.31. The first-order chi connectivity index (χ1) is 16.5. The van der Waals surface area contributed by atoms with Crippen LogP contribution in [0.2, 0.25) is 18.1 Å². The standard InChI is InChI=1S/C21H37O3Si.2C5H5.2CH3.Zr/c1-10-21(24-25(11-2,12-3)13-4)16(5)14-20(15-19(21,8)9)22-17(6)18(7)23-20;2*1-2-4-5-3-1;;;/h1,10,14,17-18H,11-13,15H2,2-9H3;2*1-3H,4H2;2*1H3;/q5*-1;. The molecule has 0 radical (unpaired) electrons. The molecule has 3 aliphatic carbocycles. The van der Waals surface area contributed by atoms with E-state index in [2.05, 4.69) is 85.8 Å². The molecule has 1 fully saturated rings. The maximum atomic E-state index is 7.03. The number of allylic oxidation sites excluding steroid dienone is 8. The SMILES string of the molecule is [C-]1=CC=CC1.[C-]1=CC=CC1.[CH-]=CC1(O[Si](CC)(CC)CC)C(C)=CC2(CC1(C)C)OC(C)C(C)O2.[CH3-].[CH3-].[Zr]. The van der Waals surface area contributed by atoms with Gasteiger partial charge in [0.15, 0.2) is 14.1 Å². The summed E-state index contributed by atoms with van der Waals surface area (Å²) >= 11 is 0. The molecular weight excluding hydrogens is 564 g/mol. The molecule has 0 aromatic heterocycles. The van der Waals surface area contributed by atoms with E-state index >= 15 is 0 Å². The van der Waals surface area contributed by atoms with Crippen LogP contribution in [0.25, 0.3) is 0 Å². The average molecular weight is 617 g/mol. The van der Waals surface area contributed by atoms with Crippen molar-refractivity contribution < 1.29 is 40.1 Å². The molecule has 3 atom stereocenters. The molecule has 1 aliphatic heterocycles. The third kappa shape index (κ3) is 9.23. The molecule has 38 heavy (non-hydrogen) atoms. The number of rotatable bonds is 6. The van der Waals surface area contributed by atoms with E-state index in [1.165, 1.54) is 0 Å². The Bertz CT molecular complexity index is 790. The number of hydrogen-bond donors (Lipinski definition) is 0. The van der Waals surface area contributed by atoms with Crippen molar-refractivity contribution in [1.29, 1.82) is 0 Å². The molecule has 1 saturated heterocycles. The van der Waals surface area contributed by atoms with Crippen molar-refractivity contribution in [3.8, 4) is 0 Å². The Balaban J connectivity index is 0. The second-order valence-corrected chi connectivity index (χ2v) is 15.3. The maximum absolute atomic E-state index is 7.03. The van der Waals surface area contributed by atoms with Gasteiger partial charge in [-0.25, -0.2) is 30.4 Å². The Hall–Kier alpha value is -0.580. The molecule has 5 heteroatoms. The quantitative estimate of drug-likeness (QED) is 0.169. The van der Waals surface area contributed by atoms with Gasteiger partial charge in [0.1, 0.15) is 0 Å². The topological polar surface area (TPSA) is 27.7 Å². The normalized spacial score (nSPS) is 29.6. The third-order valence-corrected chi connectivity index (χ3v) is 12.5. The predicted molar refractivity (Wildman–Crippen MR) is 162 cm³/mol. The second kappa shape index (κ2) is 17.3. The Morgan fingerprint density at radius 1 is 0.974 bits per heavy atom. The van der Waals surface area contributed by atoms with E-state index in [1.807, 2.05) is 24.3 Å². The summed E-state index contributed by atoms with van der Waals surface area (Å²) in [5.74, 6) is -0.656. The first-order valence-electron chi connectivity index (χ1n) is 13.3. The van der Waals surface area contributed by atoms with Gasteiger partial charge in [0.2, 0.25) is 0 Å². The summed E-state index contributed by atoms with van der Waals surface area (Å²) in [5.41, 5.74) is 0.330. The van der Waals surface area contributed by atoms with Crippen LogP contribution in [0.1, 0.15) is 74.7 Å². The Labute approximate surface area is 256 Å². The minimum absolute atomic E-state index is 0. The smallest absolute Gasteiger partial charge is 0.193 e. The zero-order valence-corrected chi connectivity index (χ0v) is 29.3. The first kappa shape index (κ1) is 39.6. The molecule has 0 saturated carbocycles. The van der Waals surface area contributed by atoms with Crippen molar-refractivity contribution in [2.45, 2.75) is 116 Å². The van der Waals surface area contributed by atoms with E-state index in [9.17, 15) is 0 Å². The van der Waals surface area contributed by atoms with Crippen molar-refractivity contribution in [3.63, 3.8) is 0 Å².